The minimum atomic E-state index is -0.617. The summed E-state index contributed by atoms with van der Waals surface area (Å²) in [6, 6.07) is 23.6. The van der Waals surface area contributed by atoms with Gasteiger partial charge in [-0.2, -0.15) is 0 Å². The van der Waals surface area contributed by atoms with Crippen LogP contribution in [0.25, 0.3) is 11.1 Å². The molecule has 0 spiro atoms. The maximum Gasteiger partial charge on any atom is 0.261 e. The number of amides is 1. The Labute approximate surface area is 196 Å². The fourth-order valence-electron chi connectivity index (χ4n) is 3.29. The maximum atomic E-state index is 12.5. The lowest BCUT2D eigenvalue weighted by Gasteiger charge is -2.16. The number of hydrogen-bond acceptors (Lipinski definition) is 4. The number of carbonyl (C=O) groups is 1. The van der Waals surface area contributed by atoms with Gasteiger partial charge in [0.25, 0.3) is 5.91 Å². The Morgan fingerprint density at radius 3 is 2.24 bits per heavy atom. The molecule has 0 aliphatic heterocycles. The van der Waals surface area contributed by atoms with E-state index in [1.165, 1.54) is 0 Å². The summed E-state index contributed by atoms with van der Waals surface area (Å²) in [5.74, 6) is 2.42. The second-order valence-electron chi connectivity index (χ2n) is 8.38. The van der Waals surface area contributed by atoms with E-state index in [0.717, 1.165) is 23.1 Å². The third-order valence-corrected chi connectivity index (χ3v) is 5.29. The van der Waals surface area contributed by atoms with E-state index in [4.69, 9.17) is 14.2 Å². The Morgan fingerprint density at radius 2 is 1.58 bits per heavy atom. The predicted octanol–water partition coefficient (Wildman–Crippen LogP) is 5.87. The molecule has 0 aromatic heterocycles. The highest BCUT2D eigenvalue weighted by Gasteiger charge is 2.15. The normalized spacial score (nSPS) is 11.7. The summed E-state index contributed by atoms with van der Waals surface area (Å²) in [5.41, 5.74) is 3.17. The molecule has 3 aromatic carbocycles. The third-order valence-electron chi connectivity index (χ3n) is 5.29. The molecule has 174 valence electrons. The molecule has 0 fully saturated rings. The van der Waals surface area contributed by atoms with Gasteiger partial charge < -0.3 is 19.5 Å². The molecule has 3 rings (SSSR count). The lowest BCUT2D eigenvalue weighted by atomic mass is 10.1. The largest absolute Gasteiger partial charge is 0.493 e. The van der Waals surface area contributed by atoms with Gasteiger partial charge in [-0.3, -0.25) is 4.79 Å². The van der Waals surface area contributed by atoms with Crippen molar-refractivity contribution in [1.29, 1.82) is 0 Å². The molecule has 0 saturated carbocycles. The van der Waals surface area contributed by atoms with Crippen LogP contribution in [-0.2, 0) is 11.3 Å². The molecule has 1 amide bonds. The SMILES string of the molecule is COc1cc(CNC(=O)C(C)Oc2ccc(-c3ccccc3)cc2)ccc1OCCC(C)C. The van der Waals surface area contributed by atoms with Crippen LogP contribution in [-0.4, -0.2) is 25.7 Å². The number of hydrogen-bond donors (Lipinski definition) is 1. The van der Waals surface area contributed by atoms with Gasteiger partial charge in [-0.05, 0) is 60.2 Å². The average molecular weight is 448 g/mol. The van der Waals surface area contributed by atoms with E-state index in [9.17, 15) is 4.79 Å². The predicted molar refractivity (Wildman–Crippen MR) is 132 cm³/mol. The second kappa shape index (κ2) is 12.0. The van der Waals surface area contributed by atoms with Crippen molar-refractivity contribution < 1.29 is 19.0 Å². The van der Waals surface area contributed by atoms with Crippen LogP contribution < -0.4 is 19.5 Å². The number of carbonyl (C=O) groups excluding carboxylic acids is 1. The van der Waals surface area contributed by atoms with Gasteiger partial charge in [0, 0.05) is 6.54 Å². The van der Waals surface area contributed by atoms with E-state index < -0.39 is 6.10 Å². The summed E-state index contributed by atoms with van der Waals surface area (Å²) in [6.07, 6.45) is 0.363. The Balaban J connectivity index is 1.51. The molecule has 0 bridgehead atoms. The number of methoxy groups -OCH3 is 1. The average Bonchev–Trinajstić information content (AvgIpc) is 2.83. The van der Waals surface area contributed by atoms with Gasteiger partial charge in [0.1, 0.15) is 5.75 Å². The van der Waals surface area contributed by atoms with E-state index in [2.05, 4.69) is 31.3 Å². The van der Waals surface area contributed by atoms with Gasteiger partial charge in [-0.25, -0.2) is 0 Å². The second-order valence-corrected chi connectivity index (χ2v) is 8.38. The molecule has 1 N–H and O–H groups in total. The van der Waals surface area contributed by atoms with Crippen molar-refractivity contribution in [2.45, 2.75) is 39.8 Å². The molecule has 0 heterocycles. The zero-order chi connectivity index (χ0) is 23.6. The van der Waals surface area contributed by atoms with Crippen LogP contribution in [0.3, 0.4) is 0 Å². The quantitative estimate of drug-likeness (QED) is 0.399. The monoisotopic (exact) mass is 447 g/mol. The molecule has 5 heteroatoms. The van der Waals surface area contributed by atoms with Crippen LogP contribution >= 0.6 is 0 Å². The number of nitrogens with one attached hydrogen (secondary N) is 1. The molecule has 0 saturated heterocycles. The van der Waals surface area contributed by atoms with Crippen molar-refractivity contribution in [3.8, 4) is 28.4 Å². The van der Waals surface area contributed by atoms with Gasteiger partial charge in [0.05, 0.1) is 13.7 Å². The van der Waals surface area contributed by atoms with Crippen molar-refractivity contribution in [2.75, 3.05) is 13.7 Å². The number of ether oxygens (including phenoxy) is 3. The zero-order valence-electron chi connectivity index (χ0n) is 19.8. The highest BCUT2D eigenvalue weighted by Crippen LogP contribution is 2.28. The van der Waals surface area contributed by atoms with Crippen LogP contribution in [0.1, 0.15) is 32.8 Å². The molecule has 1 atom stereocenters. The van der Waals surface area contributed by atoms with Crippen molar-refractivity contribution in [3.05, 3.63) is 78.4 Å². The summed E-state index contributed by atoms with van der Waals surface area (Å²) in [5, 5.41) is 2.92. The van der Waals surface area contributed by atoms with Crippen LogP contribution in [0.5, 0.6) is 17.2 Å². The van der Waals surface area contributed by atoms with Crippen LogP contribution in [0.4, 0.5) is 0 Å². The Kier molecular flexibility index (Phi) is 8.76. The zero-order valence-corrected chi connectivity index (χ0v) is 19.8. The van der Waals surface area contributed by atoms with Crippen LogP contribution in [0.15, 0.2) is 72.8 Å². The number of rotatable bonds is 11. The van der Waals surface area contributed by atoms with E-state index in [1.807, 2.05) is 60.7 Å². The highest BCUT2D eigenvalue weighted by atomic mass is 16.5. The fourth-order valence-corrected chi connectivity index (χ4v) is 3.29. The van der Waals surface area contributed by atoms with Crippen LogP contribution in [0, 0.1) is 5.92 Å². The van der Waals surface area contributed by atoms with Crippen molar-refractivity contribution >= 4 is 5.91 Å². The Morgan fingerprint density at radius 1 is 0.879 bits per heavy atom. The molecule has 1 unspecified atom stereocenters. The van der Waals surface area contributed by atoms with Gasteiger partial charge >= 0.3 is 0 Å². The molecule has 33 heavy (non-hydrogen) atoms. The highest BCUT2D eigenvalue weighted by molar-refractivity contribution is 5.80. The molecule has 0 aliphatic rings. The number of benzene rings is 3. The molecular weight excluding hydrogens is 414 g/mol. The summed E-state index contributed by atoms with van der Waals surface area (Å²) in [4.78, 5) is 12.5. The first-order chi connectivity index (χ1) is 16.0. The van der Waals surface area contributed by atoms with Gasteiger partial charge in [0.15, 0.2) is 17.6 Å². The fraction of sp³-hybridized carbons (Fsp3) is 0.321. The summed E-state index contributed by atoms with van der Waals surface area (Å²) < 4.78 is 17.1. The van der Waals surface area contributed by atoms with E-state index in [0.29, 0.717) is 36.3 Å². The lowest BCUT2D eigenvalue weighted by Crippen LogP contribution is -2.35. The summed E-state index contributed by atoms with van der Waals surface area (Å²) in [6.45, 7) is 7.09. The lowest BCUT2D eigenvalue weighted by molar-refractivity contribution is -0.127. The third kappa shape index (κ3) is 7.28. The van der Waals surface area contributed by atoms with E-state index >= 15 is 0 Å². The topological polar surface area (TPSA) is 56.8 Å². The molecule has 0 radical (unpaired) electrons. The maximum absolute atomic E-state index is 12.5. The minimum absolute atomic E-state index is 0.182. The first-order valence-electron chi connectivity index (χ1n) is 11.4. The van der Waals surface area contributed by atoms with Crippen LogP contribution in [0.2, 0.25) is 0 Å². The Bertz CT molecular complexity index is 1020. The molecule has 5 nitrogen and oxygen atoms in total. The minimum Gasteiger partial charge on any atom is -0.493 e. The van der Waals surface area contributed by atoms with Gasteiger partial charge in [-0.15, -0.1) is 0 Å². The van der Waals surface area contributed by atoms with Crippen molar-refractivity contribution in [2.24, 2.45) is 5.92 Å². The standard InChI is InChI=1S/C28H33NO4/c1-20(2)16-17-32-26-15-10-22(18-27(26)31-4)19-29-28(30)21(3)33-25-13-11-24(12-14-25)23-8-6-5-7-9-23/h5-15,18,20-21H,16-17,19H2,1-4H3,(H,29,30). The smallest absolute Gasteiger partial charge is 0.261 e. The first kappa shape index (κ1) is 24.2. The molecule has 0 aliphatic carbocycles. The first-order valence-corrected chi connectivity index (χ1v) is 11.4. The van der Waals surface area contributed by atoms with Crippen molar-refractivity contribution in [1.82, 2.24) is 5.32 Å². The summed E-state index contributed by atoms with van der Waals surface area (Å²) in [7, 11) is 1.62. The van der Waals surface area contributed by atoms with E-state index in [1.54, 1.807) is 14.0 Å². The van der Waals surface area contributed by atoms with Gasteiger partial charge in [0.2, 0.25) is 0 Å². The molecule has 3 aromatic rings. The van der Waals surface area contributed by atoms with E-state index in [-0.39, 0.29) is 5.91 Å². The Hall–Kier alpha value is -3.47. The summed E-state index contributed by atoms with van der Waals surface area (Å²) >= 11 is 0. The molecular formula is C28H33NO4. The van der Waals surface area contributed by atoms with Gasteiger partial charge in [-0.1, -0.05) is 62.4 Å². The van der Waals surface area contributed by atoms with Crippen molar-refractivity contribution in [3.63, 3.8) is 0 Å².